The third kappa shape index (κ3) is 5.70. The summed E-state index contributed by atoms with van der Waals surface area (Å²) >= 11 is 4.59. The fourth-order valence-electron chi connectivity index (χ4n) is 2.69. The van der Waals surface area contributed by atoms with Crippen molar-refractivity contribution in [3.8, 4) is 17.2 Å². The fourth-order valence-corrected chi connectivity index (χ4v) is 3.85. The molecule has 0 saturated heterocycles. The van der Waals surface area contributed by atoms with Gasteiger partial charge in [0, 0.05) is 29.1 Å². The fraction of sp³-hybridized carbons (Fsp3) is 0.200. The van der Waals surface area contributed by atoms with Gasteiger partial charge in [-0.3, -0.25) is 14.9 Å². The molecule has 0 fully saturated rings. The van der Waals surface area contributed by atoms with Gasteiger partial charge in [0.1, 0.15) is 10.8 Å². The van der Waals surface area contributed by atoms with E-state index in [1.165, 1.54) is 11.3 Å². The summed E-state index contributed by atoms with van der Waals surface area (Å²) < 4.78 is 16.8. The van der Waals surface area contributed by atoms with Crippen molar-refractivity contribution in [2.75, 3.05) is 25.3 Å². The molecular weight excluding hydrogens is 488 g/mol. The van der Waals surface area contributed by atoms with Crippen molar-refractivity contribution >= 4 is 44.2 Å². The van der Waals surface area contributed by atoms with Crippen LogP contribution in [0.4, 0.5) is 5.13 Å². The predicted molar refractivity (Wildman–Crippen MR) is 117 cm³/mol. The Balaban J connectivity index is 1.20. The second kappa shape index (κ2) is 9.75. The van der Waals surface area contributed by atoms with Gasteiger partial charge in [0.15, 0.2) is 18.1 Å². The molecule has 3 aromatic rings. The molecule has 0 radical (unpaired) electrons. The van der Waals surface area contributed by atoms with Gasteiger partial charge in [-0.2, -0.15) is 0 Å². The number of fused-ring (bicyclic) bond motifs is 1. The van der Waals surface area contributed by atoms with Crippen LogP contribution >= 0.6 is 27.3 Å². The molecule has 2 heterocycles. The van der Waals surface area contributed by atoms with E-state index < -0.39 is 0 Å². The lowest BCUT2D eigenvalue weighted by molar-refractivity contribution is -0.118. The van der Waals surface area contributed by atoms with Gasteiger partial charge in [0.05, 0.1) is 0 Å². The van der Waals surface area contributed by atoms with Gasteiger partial charge >= 0.3 is 0 Å². The second-order valence-corrected chi connectivity index (χ2v) is 8.35. The van der Waals surface area contributed by atoms with Gasteiger partial charge in [-0.05, 0) is 30.3 Å². The molecule has 0 atom stereocenters. The van der Waals surface area contributed by atoms with E-state index in [0.29, 0.717) is 45.9 Å². The van der Waals surface area contributed by atoms with Gasteiger partial charge in [-0.1, -0.05) is 33.3 Å². The molecule has 11 heteroatoms. The minimum atomic E-state index is -0.358. The summed E-state index contributed by atoms with van der Waals surface area (Å²) in [5.41, 5.74) is 0.571. The van der Waals surface area contributed by atoms with Crippen LogP contribution in [0.2, 0.25) is 0 Å². The molecule has 2 N–H and O–H groups in total. The maximum atomic E-state index is 12.1. The molecule has 0 unspecified atom stereocenters. The maximum Gasteiger partial charge on any atom is 0.264 e. The van der Waals surface area contributed by atoms with E-state index in [1.54, 1.807) is 36.4 Å². The zero-order chi connectivity index (χ0) is 21.6. The molecule has 0 spiro atoms. The van der Waals surface area contributed by atoms with Crippen LogP contribution in [0.15, 0.2) is 46.9 Å². The summed E-state index contributed by atoms with van der Waals surface area (Å²) in [7, 11) is 0. The number of rotatable bonds is 8. The summed E-state index contributed by atoms with van der Waals surface area (Å²) in [5, 5.41) is 14.5. The number of benzene rings is 2. The second-order valence-electron chi connectivity index (χ2n) is 6.37. The van der Waals surface area contributed by atoms with Gasteiger partial charge < -0.3 is 19.5 Å². The van der Waals surface area contributed by atoms with Crippen LogP contribution in [0, 0.1) is 0 Å². The van der Waals surface area contributed by atoms with Crippen molar-refractivity contribution in [3.05, 3.63) is 57.5 Å². The van der Waals surface area contributed by atoms with Crippen molar-refractivity contribution in [2.45, 2.75) is 6.42 Å². The van der Waals surface area contributed by atoms with Crippen molar-refractivity contribution in [3.63, 3.8) is 0 Å². The molecule has 2 amide bonds. The highest BCUT2D eigenvalue weighted by Crippen LogP contribution is 2.35. The molecule has 0 aliphatic carbocycles. The Morgan fingerprint density at radius 1 is 1.13 bits per heavy atom. The maximum absolute atomic E-state index is 12.1. The van der Waals surface area contributed by atoms with E-state index in [9.17, 15) is 9.59 Å². The number of carbonyl (C=O) groups is 2. The molecule has 1 aliphatic rings. The highest BCUT2D eigenvalue weighted by Gasteiger charge is 2.15. The van der Waals surface area contributed by atoms with E-state index in [1.807, 2.05) is 6.07 Å². The number of anilines is 1. The lowest BCUT2D eigenvalue weighted by Gasteiger charge is -2.06. The average Bonchev–Trinajstić information content (AvgIpc) is 3.41. The van der Waals surface area contributed by atoms with Gasteiger partial charge in [-0.15, -0.1) is 10.2 Å². The third-order valence-electron chi connectivity index (χ3n) is 4.14. The molecule has 1 aliphatic heterocycles. The summed E-state index contributed by atoms with van der Waals surface area (Å²) in [6, 6.07) is 12.2. The van der Waals surface area contributed by atoms with Crippen LogP contribution in [0.5, 0.6) is 17.2 Å². The number of halogens is 1. The zero-order valence-corrected chi connectivity index (χ0v) is 18.5. The summed E-state index contributed by atoms with van der Waals surface area (Å²) in [6.07, 6.45) is 0.501. The van der Waals surface area contributed by atoms with Crippen molar-refractivity contribution in [1.82, 2.24) is 15.5 Å². The van der Waals surface area contributed by atoms with Crippen LogP contribution in [0.3, 0.4) is 0 Å². The SMILES string of the molecule is O=C(COc1ccc2c(c1)OCO2)Nc1nnc(CCNC(=O)c2cccc(Br)c2)s1. The Hall–Kier alpha value is -3.18. The van der Waals surface area contributed by atoms with E-state index in [0.717, 1.165) is 4.47 Å². The number of nitrogens with zero attached hydrogens (tertiary/aromatic N) is 2. The van der Waals surface area contributed by atoms with E-state index in [-0.39, 0.29) is 25.2 Å². The molecule has 1 aromatic heterocycles. The third-order valence-corrected chi connectivity index (χ3v) is 5.53. The minimum Gasteiger partial charge on any atom is -0.484 e. The molecule has 0 bridgehead atoms. The van der Waals surface area contributed by atoms with E-state index >= 15 is 0 Å². The Bertz CT molecular complexity index is 1110. The molecule has 31 heavy (non-hydrogen) atoms. The monoisotopic (exact) mass is 504 g/mol. The van der Waals surface area contributed by atoms with Crippen LogP contribution in [0.1, 0.15) is 15.4 Å². The number of carbonyl (C=O) groups excluding carboxylic acids is 2. The highest BCUT2D eigenvalue weighted by molar-refractivity contribution is 9.10. The Labute approximate surface area is 189 Å². The van der Waals surface area contributed by atoms with Crippen molar-refractivity contribution in [1.29, 1.82) is 0 Å². The summed E-state index contributed by atoms with van der Waals surface area (Å²) in [4.78, 5) is 24.2. The van der Waals surface area contributed by atoms with Crippen molar-refractivity contribution < 1.29 is 23.8 Å². The largest absolute Gasteiger partial charge is 0.484 e. The van der Waals surface area contributed by atoms with Crippen LogP contribution < -0.4 is 24.8 Å². The zero-order valence-electron chi connectivity index (χ0n) is 16.1. The number of nitrogens with one attached hydrogen (secondary N) is 2. The lowest BCUT2D eigenvalue weighted by Crippen LogP contribution is -2.25. The van der Waals surface area contributed by atoms with E-state index in [4.69, 9.17) is 14.2 Å². The number of amides is 2. The minimum absolute atomic E-state index is 0.167. The lowest BCUT2D eigenvalue weighted by atomic mass is 10.2. The molecule has 4 rings (SSSR count). The highest BCUT2D eigenvalue weighted by atomic mass is 79.9. The summed E-state index contributed by atoms with van der Waals surface area (Å²) in [6.45, 7) is 0.394. The Kier molecular flexibility index (Phi) is 6.63. The first-order chi connectivity index (χ1) is 15.1. The Morgan fingerprint density at radius 3 is 2.87 bits per heavy atom. The Morgan fingerprint density at radius 2 is 2.00 bits per heavy atom. The smallest absolute Gasteiger partial charge is 0.264 e. The van der Waals surface area contributed by atoms with Crippen LogP contribution in [0.25, 0.3) is 0 Å². The molecule has 9 nitrogen and oxygen atoms in total. The first-order valence-electron chi connectivity index (χ1n) is 9.25. The quantitative estimate of drug-likeness (QED) is 0.484. The molecular formula is C20H17BrN4O5S. The first-order valence-corrected chi connectivity index (χ1v) is 10.9. The van der Waals surface area contributed by atoms with Gasteiger partial charge in [0.2, 0.25) is 11.9 Å². The normalized spacial score (nSPS) is 11.8. The van der Waals surface area contributed by atoms with Crippen LogP contribution in [-0.2, 0) is 11.2 Å². The predicted octanol–water partition coefficient (Wildman–Crippen LogP) is 3.02. The number of aromatic nitrogens is 2. The van der Waals surface area contributed by atoms with Gasteiger partial charge in [-0.25, -0.2) is 0 Å². The first kappa shape index (κ1) is 21.1. The summed E-state index contributed by atoms with van der Waals surface area (Å²) in [5.74, 6) is 1.20. The number of hydrogen-bond donors (Lipinski definition) is 2. The van der Waals surface area contributed by atoms with Gasteiger partial charge in [0.25, 0.3) is 11.8 Å². The average molecular weight is 505 g/mol. The van der Waals surface area contributed by atoms with E-state index in [2.05, 4.69) is 36.8 Å². The standard InChI is InChI=1S/C20H17BrN4O5S/c21-13-3-1-2-12(8-13)19(27)22-7-6-18-24-25-20(31-18)23-17(26)10-28-14-4-5-15-16(9-14)30-11-29-15/h1-5,8-9H,6-7,10-11H2,(H,22,27)(H,23,25,26). The topological polar surface area (TPSA) is 112 Å². The molecule has 0 saturated carbocycles. The molecule has 160 valence electrons. The number of ether oxygens (including phenoxy) is 3. The van der Waals surface area contributed by atoms with Crippen molar-refractivity contribution in [2.24, 2.45) is 0 Å². The molecule has 2 aromatic carbocycles. The number of hydrogen-bond acceptors (Lipinski definition) is 8. The van der Waals surface area contributed by atoms with Crippen LogP contribution in [-0.4, -0.2) is 42.0 Å².